The molecule has 1 aliphatic carbocycles. The minimum absolute atomic E-state index is 0.0647. The topological polar surface area (TPSA) is 60.2 Å². The zero-order chi connectivity index (χ0) is 12.8. The molecule has 1 aromatic carbocycles. The van der Waals surface area contributed by atoms with Crippen molar-refractivity contribution in [1.82, 2.24) is 0 Å². The number of hydrogen-bond donors (Lipinski definition) is 1. The number of rotatable bonds is 2. The van der Waals surface area contributed by atoms with Gasteiger partial charge in [-0.25, -0.2) is 8.42 Å². The Labute approximate surface area is 108 Å². The van der Waals surface area contributed by atoms with E-state index in [-0.39, 0.29) is 5.41 Å². The van der Waals surface area contributed by atoms with Gasteiger partial charge < -0.3 is 5.73 Å². The van der Waals surface area contributed by atoms with E-state index in [9.17, 15) is 8.42 Å². The maximum atomic E-state index is 11.7. The summed E-state index contributed by atoms with van der Waals surface area (Å²) in [6.07, 6.45) is 6.33. The van der Waals surface area contributed by atoms with Crippen LogP contribution in [0.25, 0.3) is 6.08 Å². The zero-order valence-electron chi connectivity index (χ0n) is 10.2. The van der Waals surface area contributed by atoms with Crippen molar-refractivity contribution in [3.8, 4) is 0 Å². The van der Waals surface area contributed by atoms with Gasteiger partial charge in [0.15, 0.2) is 9.84 Å². The summed E-state index contributed by atoms with van der Waals surface area (Å²) in [6, 6.07) is 5.69. The van der Waals surface area contributed by atoms with Crippen LogP contribution < -0.4 is 5.73 Å². The molecular weight excluding hydrogens is 246 g/mol. The molecule has 0 aromatic heterocycles. The largest absolute Gasteiger partial charge is 0.330 e. The van der Waals surface area contributed by atoms with Gasteiger partial charge in [-0.2, -0.15) is 0 Å². The van der Waals surface area contributed by atoms with Crippen LogP contribution in [-0.2, 0) is 15.3 Å². The number of hydrogen-bond acceptors (Lipinski definition) is 3. The molecule has 0 saturated heterocycles. The van der Waals surface area contributed by atoms with Crippen LogP contribution in [0.15, 0.2) is 28.5 Å². The van der Waals surface area contributed by atoms with Gasteiger partial charge >= 0.3 is 0 Å². The van der Waals surface area contributed by atoms with Gasteiger partial charge in [0.25, 0.3) is 0 Å². The Balaban J connectivity index is 2.09. The van der Waals surface area contributed by atoms with Crippen molar-refractivity contribution in [2.24, 2.45) is 5.73 Å². The third kappa shape index (κ3) is 1.63. The second-order valence-corrected chi connectivity index (χ2v) is 7.09. The molecule has 2 aliphatic rings. The Morgan fingerprint density at radius 1 is 1.22 bits per heavy atom. The summed E-state index contributed by atoms with van der Waals surface area (Å²) in [5.41, 5.74) is 8.04. The summed E-state index contributed by atoms with van der Waals surface area (Å²) >= 11 is 0. The van der Waals surface area contributed by atoms with E-state index in [1.54, 1.807) is 12.1 Å². The van der Waals surface area contributed by atoms with Gasteiger partial charge in [-0.3, -0.25) is 0 Å². The molecule has 2 N–H and O–H groups in total. The van der Waals surface area contributed by atoms with E-state index in [4.69, 9.17) is 5.73 Å². The van der Waals surface area contributed by atoms with Crippen LogP contribution >= 0.6 is 0 Å². The molecule has 3 nitrogen and oxygen atoms in total. The summed E-state index contributed by atoms with van der Waals surface area (Å²) in [4.78, 5) is 0.427. The van der Waals surface area contributed by atoms with E-state index in [0.717, 1.165) is 18.4 Å². The summed E-state index contributed by atoms with van der Waals surface area (Å²) < 4.78 is 23.4. The van der Waals surface area contributed by atoms with Gasteiger partial charge in [-0.15, -0.1) is 0 Å². The lowest BCUT2D eigenvalue weighted by Crippen LogP contribution is -2.32. The lowest BCUT2D eigenvalue weighted by Gasteiger charge is -2.28. The minimum Gasteiger partial charge on any atom is -0.330 e. The first-order chi connectivity index (χ1) is 8.57. The average Bonchev–Trinajstić information content (AvgIpc) is 2.95. The van der Waals surface area contributed by atoms with Crippen LogP contribution in [0.4, 0.5) is 0 Å². The van der Waals surface area contributed by atoms with Gasteiger partial charge in [0, 0.05) is 17.4 Å². The van der Waals surface area contributed by atoms with Crippen molar-refractivity contribution in [1.29, 1.82) is 0 Å². The first kappa shape index (κ1) is 11.9. The second kappa shape index (κ2) is 3.93. The Morgan fingerprint density at radius 2 is 1.94 bits per heavy atom. The molecule has 0 atom stereocenters. The molecule has 1 fully saturated rings. The zero-order valence-corrected chi connectivity index (χ0v) is 11.0. The monoisotopic (exact) mass is 263 g/mol. The van der Waals surface area contributed by atoms with Crippen LogP contribution in [0.1, 0.15) is 36.8 Å². The molecule has 0 bridgehead atoms. The Hall–Kier alpha value is -1.13. The van der Waals surface area contributed by atoms with E-state index >= 15 is 0 Å². The summed E-state index contributed by atoms with van der Waals surface area (Å²) in [6.45, 7) is 0.641. The van der Waals surface area contributed by atoms with Crippen molar-refractivity contribution in [3.05, 3.63) is 34.7 Å². The number of fused-ring (bicyclic) bond motifs is 1. The molecule has 1 aliphatic heterocycles. The third-order valence-corrected chi connectivity index (χ3v) is 5.79. The second-order valence-electron chi connectivity index (χ2n) is 5.29. The highest BCUT2D eigenvalue weighted by Crippen LogP contribution is 2.42. The quantitative estimate of drug-likeness (QED) is 0.890. The SMILES string of the molecule is NCC1(c2ccc3c(c2)C=CS3(=O)=O)CCCC1. The predicted octanol–water partition coefficient (Wildman–Crippen LogP) is 2.22. The van der Waals surface area contributed by atoms with Crippen LogP contribution in [0.5, 0.6) is 0 Å². The highest BCUT2D eigenvalue weighted by molar-refractivity contribution is 7.94. The highest BCUT2D eigenvalue weighted by Gasteiger charge is 2.35. The fourth-order valence-corrected chi connectivity index (χ4v) is 4.35. The van der Waals surface area contributed by atoms with Crippen LogP contribution in [0.3, 0.4) is 0 Å². The van der Waals surface area contributed by atoms with Crippen LogP contribution in [0.2, 0.25) is 0 Å². The van der Waals surface area contributed by atoms with Crippen molar-refractivity contribution in [3.63, 3.8) is 0 Å². The minimum atomic E-state index is -3.18. The molecule has 1 saturated carbocycles. The van der Waals surface area contributed by atoms with E-state index in [2.05, 4.69) is 0 Å². The maximum Gasteiger partial charge on any atom is 0.200 e. The first-order valence-electron chi connectivity index (χ1n) is 6.35. The Kier molecular flexibility index (Phi) is 2.61. The van der Waals surface area contributed by atoms with Crippen LogP contribution in [0, 0.1) is 0 Å². The Morgan fingerprint density at radius 3 is 2.61 bits per heavy atom. The van der Waals surface area contributed by atoms with Gasteiger partial charge in [-0.05, 0) is 42.2 Å². The van der Waals surface area contributed by atoms with Crippen molar-refractivity contribution >= 4 is 15.9 Å². The fraction of sp³-hybridized carbons (Fsp3) is 0.429. The van der Waals surface area contributed by atoms with Gasteiger partial charge in [0.1, 0.15) is 0 Å². The molecule has 1 aromatic rings. The molecule has 0 unspecified atom stereocenters. The number of benzene rings is 1. The molecule has 1 heterocycles. The van der Waals surface area contributed by atoms with E-state index < -0.39 is 9.84 Å². The Bertz CT molecular complexity index is 611. The molecule has 0 amide bonds. The normalized spacial score (nSPS) is 23.2. The summed E-state index contributed by atoms with van der Waals surface area (Å²) in [7, 11) is -3.18. The van der Waals surface area contributed by atoms with Crippen molar-refractivity contribution in [2.75, 3.05) is 6.54 Å². The molecule has 0 radical (unpaired) electrons. The molecule has 3 rings (SSSR count). The summed E-state index contributed by atoms with van der Waals surface area (Å²) in [5.74, 6) is 0. The first-order valence-corrected chi connectivity index (χ1v) is 7.90. The number of sulfone groups is 1. The smallest absolute Gasteiger partial charge is 0.200 e. The fourth-order valence-electron chi connectivity index (χ4n) is 3.17. The van der Waals surface area contributed by atoms with Crippen molar-refractivity contribution in [2.45, 2.75) is 36.0 Å². The van der Waals surface area contributed by atoms with Crippen molar-refractivity contribution < 1.29 is 8.42 Å². The average molecular weight is 263 g/mol. The predicted molar refractivity (Wildman–Crippen MR) is 71.9 cm³/mol. The van der Waals surface area contributed by atoms with Gasteiger partial charge in [-0.1, -0.05) is 18.9 Å². The molecule has 18 heavy (non-hydrogen) atoms. The lowest BCUT2D eigenvalue weighted by atomic mass is 9.78. The molecular formula is C14H17NO2S. The van der Waals surface area contributed by atoms with E-state index in [1.165, 1.54) is 23.8 Å². The van der Waals surface area contributed by atoms with Gasteiger partial charge in [0.05, 0.1) is 4.90 Å². The molecule has 96 valence electrons. The van der Waals surface area contributed by atoms with Crippen LogP contribution in [-0.4, -0.2) is 15.0 Å². The molecule has 4 heteroatoms. The van der Waals surface area contributed by atoms with E-state index in [1.807, 2.05) is 12.1 Å². The third-order valence-electron chi connectivity index (χ3n) is 4.31. The number of nitrogens with two attached hydrogens (primary N) is 1. The summed E-state index contributed by atoms with van der Waals surface area (Å²) in [5, 5.41) is 1.28. The maximum absolute atomic E-state index is 11.7. The lowest BCUT2D eigenvalue weighted by molar-refractivity contribution is 0.452. The highest BCUT2D eigenvalue weighted by atomic mass is 32.2. The molecule has 0 spiro atoms. The van der Waals surface area contributed by atoms with E-state index in [0.29, 0.717) is 11.4 Å². The van der Waals surface area contributed by atoms with Gasteiger partial charge in [0.2, 0.25) is 0 Å². The standard InChI is InChI=1S/C14H17NO2S/c15-10-14(6-1-2-7-14)12-3-4-13-11(9-12)5-8-18(13,16)17/h3-5,8-9H,1-2,6-7,10,15H2.